The number of methoxy groups -OCH3 is 1. The van der Waals surface area contributed by atoms with Crippen LogP contribution >= 0.6 is 0 Å². The Kier molecular flexibility index (Phi) is 3.98. The van der Waals surface area contributed by atoms with Gasteiger partial charge in [-0.05, 0) is 18.1 Å². The highest BCUT2D eigenvalue weighted by atomic mass is 19.1. The minimum absolute atomic E-state index is 0.0848. The number of aliphatic hydroxyl groups excluding tert-OH is 1. The van der Waals surface area contributed by atoms with E-state index in [0.717, 1.165) is 0 Å². The minimum atomic E-state index is -0.624. The van der Waals surface area contributed by atoms with Crippen molar-refractivity contribution < 1.29 is 18.6 Å². The second kappa shape index (κ2) is 5.02. The quantitative estimate of drug-likeness (QED) is 0.804. The highest BCUT2D eigenvalue weighted by Gasteiger charge is 2.12. The zero-order valence-electron chi connectivity index (χ0n) is 7.89. The van der Waals surface area contributed by atoms with Crippen LogP contribution in [0.15, 0.2) is 12.1 Å². The summed E-state index contributed by atoms with van der Waals surface area (Å²) in [5.74, 6) is -1.24. The van der Waals surface area contributed by atoms with Crippen molar-refractivity contribution in [2.45, 2.75) is 13.0 Å². The Morgan fingerprint density at radius 1 is 1.36 bits per heavy atom. The van der Waals surface area contributed by atoms with E-state index in [4.69, 9.17) is 5.11 Å². The predicted molar refractivity (Wildman–Crippen MR) is 47.9 cm³/mol. The van der Waals surface area contributed by atoms with E-state index in [0.29, 0.717) is 5.56 Å². The van der Waals surface area contributed by atoms with Crippen LogP contribution in [0.4, 0.5) is 8.78 Å². The van der Waals surface area contributed by atoms with Crippen LogP contribution in [0, 0.1) is 11.6 Å². The fourth-order valence-corrected chi connectivity index (χ4v) is 1.24. The SMILES string of the molecule is COCc1c(F)ccc(CCO)c1F. The lowest BCUT2D eigenvalue weighted by Crippen LogP contribution is -2.03. The Morgan fingerprint density at radius 2 is 2.07 bits per heavy atom. The lowest BCUT2D eigenvalue weighted by atomic mass is 10.1. The molecule has 1 aromatic rings. The van der Waals surface area contributed by atoms with Crippen LogP contribution < -0.4 is 0 Å². The van der Waals surface area contributed by atoms with E-state index in [2.05, 4.69) is 4.74 Å². The van der Waals surface area contributed by atoms with Crippen molar-refractivity contribution in [3.05, 3.63) is 34.9 Å². The molecule has 0 spiro atoms. The minimum Gasteiger partial charge on any atom is -0.396 e. The topological polar surface area (TPSA) is 29.5 Å². The molecule has 0 heterocycles. The first-order chi connectivity index (χ1) is 6.70. The molecule has 1 N–H and O–H groups in total. The molecule has 0 aliphatic heterocycles. The zero-order chi connectivity index (χ0) is 10.6. The number of ether oxygens (including phenoxy) is 1. The molecular weight excluding hydrogens is 190 g/mol. The Morgan fingerprint density at radius 3 is 2.64 bits per heavy atom. The van der Waals surface area contributed by atoms with E-state index < -0.39 is 11.6 Å². The summed E-state index contributed by atoms with van der Waals surface area (Å²) in [6.45, 7) is -0.258. The molecule has 0 aliphatic carbocycles. The molecule has 0 aliphatic rings. The molecule has 0 radical (unpaired) electrons. The largest absolute Gasteiger partial charge is 0.396 e. The van der Waals surface area contributed by atoms with Gasteiger partial charge in [0.1, 0.15) is 11.6 Å². The summed E-state index contributed by atoms with van der Waals surface area (Å²) in [5.41, 5.74) is 0.222. The molecule has 0 fully saturated rings. The van der Waals surface area contributed by atoms with Gasteiger partial charge in [0, 0.05) is 19.3 Å². The van der Waals surface area contributed by atoms with Gasteiger partial charge in [-0.2, -0.15) is 0 Å². The molecule has 14 heavy (non-hydrogen) atoms. The van der Waals surface area contributed by atoms with Gasteiger partial charge < -0.3 is 9.84 Å². The number of hydrogen-bond acceptors (Lipinski definition) is 2. The molecule has 0 amide bonds. The van der Waals surface area contributed by atoms with Gasteiger partial charge in [0.05, 0.1) is 6.61 Å². The van der Waals surface area contributed by atoms with Crippen molar-refractivity contribution >= 4 is 0 Å². The van der Waals surface area contributed by atoms with Gasteiger partial charge in [0.25, 0.3) is 0 Å². The highest BCUT2D eigenvalue weighted by molar-refractivity contribution is 5.27. The van der Waals surface area contributed by atoms with E-state index in [1.165, 1.54) is 19.2 Å². The summed E-state index contributed by atoms with van der Waals surface area (Å²) in [7, 11) is 1.37. The van der Waals surface area contributed by atoms with Crippen LogP contribution in [0.3, 0.4) is 0 Å². The fraction of sp³-hybridized carbons (Fsp3) is 0.400. The first kappa shape index (κ1) is 11.1. The van der Waals surface area contributed by atoms with Gasteiger partial charge in [0.15, 0.2) is 0 Å². The Balaban J connectivity index is 3.05. The Bertz CT molecular complexity index is 313. The molecule has 0 atom stereocenters. The van der Waals surface area contributed by atoms with Crippen molar-refractivity contribution in [1.29, 1.82) is 0 Å². The first-order valence-electron chi connectivity index (χ1n) is 4.26. The standard InChI is InChI=1S/C10H12F2O2/c1-14-6-8-9(11)3-2-7(4-5-13)10(8)12/h2-3,13H,4-6H2,1H3. The van der Waals surface area contributed by atoms with Gasteiger partial charge >= 0.3 is 0 Å². The number of rotatable bonds is 4. The average Bonchev–Trinajstić information content (AvgIpc) is 2.17. The smallest absolute Gasteiger partial charge is 0.134 e. The molecule has 0 saturated heterocycles. The van der Waals surface area contributed by atoms with Gasteiger partial charge in [-0.1, -0.05) is 6.07 Å². The molecular formula is C10H12F2O2. The fourth-order valence-electron chi connectivity index (χ4n) is 1.24. The third kappa shape index (κ3) is 2.27. The lowest BCUT2D eigenvalue weighted by molar-refractivity contribution is 0.177. The highest BCUT2D eigenvalue weighted by Crippen LogP contribution is 2.18. The van der Waals surface area contributed by atoms with Crippen LogP contribution in [0.25, 0.3) is 0 Å². The molecule has 0 bridgehead atoms. The molecule has 0 unspecified atom stereocenters. The lowest BCUT2D eigenvalue weighted by Gasteiger charge is -2.07. The van der Waals surface area contributed by atoms with Gasteiger partial charge in [-0.3, -0.25) is 0 Å². The second-order valence-electron chi connectivity index (χ2n) is 2.91. The van der Waals surface area contributed by atoms with Crippen molar-refractivity contribution in [3.8, 4) is 0 Å². The van der Waals surface area contributed by atoms with Crippen molar-refractivity contribution in [3.63, 3.8) is 0 Å². The summed E-state index contributed by atoms with van der Waals surface area (Å²) >= 11 is 0. The van der Waals surface area contributed by atoms with E-state index >= 15 is 0 Å². The third-order valence-corrected chi connectivity index (χ3v) is 1.94. The second-order valence-corrected chi connectivity index (χ2v) is 2.91. The molecule has 1 rings (SSSR count). The number of benzene rings is 1. The van der Waals surface area contributed by atoms with Gasteiger partial charge in [-0.15, -0.1) is 0 Å². The Hall–Kier alpha value is -1.00. The molecule has 1 aromatic carbocycles. The maximum atomic E-state index is 13.5. The molecule has 0 aromatic heterocycles. The van der Waals surface area contributed by atoms with Crippen LogP contribution in [0.1, 0.15) is 11.1 Å². The molecule has 78 valence electrons. The van der Waals surface area contributed by atoms with Crippen molar-refractivity contribution in [2.75, 3.05) is 13.7 Å². The van der Waals surface area contributed by atoms with Gasteiger partial charge in [0.2, 0.25) is 0 Å². The number of hydrogen-bond donors (Lipinski definition) is 1. The van der Waals surface area contributed by atoms with E-state index in [1.807, 2.05) is 0 Å². The van der Waals surface area contributed by atoms with Crippen molar-refractivity contribution in [1.82, 2.24) is 0 Å². The third-order valence-electron chi connectivity index (χ3n) is 1.94. The normalized spacial score (nSPS) is 10.6. The van der Waals surface area contributed by atoms with Crippen molar-refractivity contribution in [2.24, 2.45) is 0 Å². The van der Waals surface area contributed by atoms with E-state index in [9.17, 15) is 8.78 Å². The van der Waals surface area contributed by atoms with E-state index in [-0.39, 0.29) is 25.2 Å². The Labute approximate surface area is 81.1 Å². The summed E-state index contributed by atoms with van der Waals surface area (Å²) in [5, 5.41) is 8.64. The maximum absolute atomic E-state index is 13.5. The van der Waals surface area contributed by atoms with Crippen LogP contribution in [0.2, 0.25) is 0 Å². The number of halogens is 2. The first-order valence-corrected chi connectivity index (χ1v) is 4.26. The summed E-state index contributed by atoms with van der Waals surface area (Å²) in [6.07, 6.45) is 0.183. The van der Waals surface area contributed by atoms with Crippen LogP contribution in [-0.2, 0) is 17.8 Å². The summed E-state index contributed by atoms with van der Waals surface area (Å²) in [4.78, 5) is 0. The molecule has 2 nitrogen and oxygen atoms in total. The summed E-state index contributed by atoms with van der Waals surface area (Å²) < 4.78 is 31.2. The molecule has 4 heteroatoms. The number of aliphatic hydroxyl groups is 1. The monoisotopic (exact) mass is 202 g/mol. The van der Waals surface area contributed by atoms with Gasteiger partial charge in [-0.25, -0.2) is 8.78 Å². The summed E-state index contributed by atoms with van der Waals surface area (Å²) in [6, 6.07) is 2.52. The van der Waals surface area contributed by atoms with E-state index in [1.54, 1.807) is 0 Å². The molecule has 0 saturated carbocycles. The van der Waals surface area contributed by atoms with Crippen LogP contribution in [-0.4, -0.2) is 18.8 Å². The van der Waals surface area contributed by atoms with Crippen LogP contribution in [0.5, 0.6) is 0 Å². The predicted octanol–water partition coefficient (Wildman–Crippen LogP) is 1.65. The zero-order valence-corrected chi connectivity index (χ0v) is 7.89. The average molecular weight is 202 g/mol. The maximum Gasteiger partial charge on any atom is 0.134 e.